The summed E-state index contributed by atoms with van der Waals surface area (Å²) in [6.07, 6.45) is 1.99. The highest BCUT2D eigenvalue weighted by Crippen LogP contribution is 2.22. The normalized spacial score (nSPS) is 17.7. The summed E-state index contributed by atoms with van der Waals surface area (Å²) in [4.78, 5) is 12.2. The van der Waals surface area contributed by atoms with Gasteiger partial charge < -0.3 is 15.4 Å². The molecular formula is C16H18Cl2N4O2. The van der Waals surface area contributed by atoms with Gasteiger partial charge in [0.05, 0.1) is 26.0 Å². The molecule has 2 aromatic rings. The number of halogens is 2. The Balaban J connectivity index is 1.63. The van der Waals surface area contributed by atoms with Gasteiger partial charge in [-0.2, -0.15) is 5.10 Å². The molecule has 2 N–H and O–H groups in total. The number of rotatable bonds is 5. The molecule has 0 spiro atoms. The topological polar surface area (TPSA) is 68.2 Å². The Morgan fingerprint density at radius 2 is 2.29 bits per heavy atom. The first-order valence-electron chi connectivity index (χ1n) is 7.68. The molecule has 1 unspecified atom stereocenters. The Bertz CT molecular complexity index is 714. The third-order valence-corrected chi connectivity index (χ3v) is 4.34. The van der Waals surface area contributed by atoms with Crippen LogP contribution in [0.3, 0.4) is 0 Å². The van der Waals surface area contributed by atoms with Gasteiger partial charge in [0.25, 0.3) is 0 Å². The average molecular weight is 369 g/mol. The van der Waals surface area contributed by atoms with Crippen LogP contribution in [0.25, 0.3) is 0 Å². The number of anilines is 1. The Labute approximate surface area is 150 Å². The quantitative estimate of drug-likeness (QED) is 0.850. The van der Waals surface area contributed by atoms with Crippen molar-refractivity contribution in [2.24, 2.45) is 0 Å². The molecule has 0 radical (unpaired) electrons. The van der Waals surface area contributed by atoms with Gasteiger partial charge in [0, 0.05) is 35.1 Å². The number of carbonyl (C=O) groups excluding carboxylic acids is 1. The lowest BCUT2D eigenvalue weighted by molar-refractivity contribution is -0.117. The van der Waals surface area contributed by atoms with E-state index in [1.165, 1.54) is 0 Å². The summed E-state index contributed by atoms with van der Waals surface area (Å²) in [5.74, 6) is 0.546. The molecule has 0 saturated carbocycles. The van der Waals surface area contributed by atoms with E-state index in [-0.39, 0.29) is 11.9 Å². The summed E-state index contributed by atoms with van der Waals surface area (Å²) in [6.45, 7) is 2.45. The average Bonchev–Trinajstić information content (AvgIpc) is 2.98. The summed E-state index contributed by atoms with van der Waals surface area (Å²) in [6, 6.07) is 7.11. The summed E-state index contributed by atoms with van der Waals surface area (Å²) in [7, 11) is 0. The predicted molar refractivity (Wildman–Crippen MR) is 93.6 cm³/mol. The van der Waals surface area contributed by atoms with Crippen LogP contribution in [0.15, 0.2) is 30.5 Å². The van der Waals surface area contributed by atoms with Crippen molar-refractivity contribution in [2.75, 3.05) is 25.1 Å². The molecule has 2 heterocycles. The van der Waals surface area contributed by atoms with Crippen molar-refractivity contribution in [2.45, 2.75) is 19.0 Å². The van der Waals surface area contributed by atoms with Crippen LogP contribution in [0.4, 0.5) is 5.82 Å². The zero-order chi connectivity index (χ0) is 16.9. The molecule has 1 amide bonds. The largest absolute Gasteiger partial charge is 0.378 e. The van der Waals surface area contributed by atoms with E-state index in [2.05, 4.69) is 15.7 Å². The highest BCUT2D eigenvalue weighted by molar-refractivity contribution is 6.35. The molecule has 3 rings (SSSR count). The monoisotopic (exact) mass is 368 g/mol. The zero-order valence-electron chi connectivity index (χ0n) is 13.0. The number of nitrogens with one attached hydrogen (secondary N) is 2. The van der Waals surface area contributed by atoms with Crippen LogP contribution >= 0.6 is 23.2 Å². The van der Waals surface area contributed by atoms with E-state index in [9.17, 15) is 4.79 Å². The second kappa shape index (κ2) is 7.98. The lowest BCUT2D eigenvalue weighted by Crippen LogP contribution is -2.43. The van der Waals surface area contributed by atoms with Gasteiger partial charge in [-0.05, 0) is 17.7 Å². The van der Waals surface area contributed by atoms with Crippen LogP contribution in [0.5, 0.6) is 0 Å². The molecule has 128 valence electrons. The van der Waals surface area contributed by atoms with E-state index < -0.39 is 0 Å². The fourth-order valence-corrected chi connectivity index (χ4v) is 3.01. The molecule has 1 saturated heterocycles. The maximum absolute atomic E-state index is 12.2. The molecular weight excluding hydrogens is 351 g/mol. The summed E-state index contributed by atoms with van der Waals surface area (Å²) < 4.78 is 7.05. The van der Waals surface area contributed by atoms with Gasteiger partial charge in [-0.25, -0.2) is 4.68 Å². The maximum Gasteiger partial charge on any atom is 0.227 e. The van der Waals surface area contributed by atoms with E-state index in [0.29, 0.717) is 42.0 Å². The van der Waals surface area contributed by atoms with E-state index >= 15 is 0 Å². The molecule has 1 aliphatic heterocycles. The van der Waals surface area contributed by atoms with E-state index in [1.54, 1.807) is 29.1 Å². The van der Waals surface area contributed by atoms with Gasteiger partial charge in [-0.1, -0.05) is 29.3 Å². The van der Waals surface area contributed by atoms with Gasteiger partial charge >= 0.3 is 0 Å². The predicted octanol–water partition coefficient (Wildman–Crippen LogP) is 2.56. The van der Waals surface area contributed by atoms with Crippen LogP contribution in [0.2, 0.25) is 10.0 Å². The van der Waals surface area contributed by atoms with Gasteiger partial charge in [-0.3, -0.25) is 4.79 Å². The van der Waals surface area contributed by atoms with Crippen LogP contribution in [0.1, 0.15) is 12.0 Å². The van der Waals surface area contributed by atoms with E-state index in [4.69, 9.17) is 27.9 Å². The molecule has 0 bridgehead atoms. The molecule has 24 heavy (non-hydrogen) atoms. The SMILES string of the molecule is O=C(CC1COCCN1)Nc1ccnn1Cc1ccc(Cl)cc1Cl. The lowest BCUT2D eigenvalue weighted by Gasteiger charge is -2.23. The van der Waals surface area contributed by atoms with E-state index in [0.717, 1.165) is 12.1 Å². The fraction of sp³-hybridized carbons (Fsp3) is 0.375. The highest BCUT2D eigenvalue weighted by atomic mass is 35.5. The van der Waals surface area contributed by atoms with Gasteiger partial charge in [0.1, 0.15) is 5.82 Å². The number of amides is 1. The smallest absolute Gasteiger partial charge is 0.227 e. The third-order valence-electron chi connectivity index (χ3n) is 3.75. The van der Waals surface area contributed by atoms with Gasteiger partial charge in [0.2, 0.25) is 5.91 Å². The Kier molecular flexibility index (Phi) is 5.73. The van der Waals surface area contributed by atoms with Crippen molar-refractivity contribution in [3.05, 3.63) is 46.1 Å². The molecule has 8 heteroatoms. The Morgan fingerprint density at radius 1 is 1.42 bits per heavy atom. The highest BCUT2D eigenvalue weighted by Gasteiger charge is 2.18. The third kappa shape index (κ3) is 4.48. The second-order valence-corrected chi connectivity index (χ2v) is 6.43. The number of morpholine rings is 1. The summed E-state index contributed by atoms with van der Waals surface area (Å²) in [5, 5.41) is 11.5. The molecule has 1 aromatic carbocycles. The van der Waals surface area contributed by atoms with Crippen LogP contribution in [0, 0.1) is 0 Å². The maximum atomic E-state index is 12.2. The first kappa shape index (κ1) is 17.2. The summed E-state index contributed by atoms with van der Waals surface area (Å²) >= 11 is 12.1. The molecule has 1 aliphatic rings. The van der Waals surface area contributed by atoms with Crippen molar-refractivity contribution >= 4 is 34.9 Å². The number of hydrogen-bond acceptors (Lipinski definition) is 4. The zero-order valence-corrected chi connectivity index (χ0v) is 14.5. The van der Waals surface area contributed by atoms with Crippen molar-refractivity contribution in [3.8, 4) is 0 Å². The van der Waals surface area contributed by atoms with Crippen molar-refractivity contribution in [3.63, 3.8) is 0 Å². The number of ether oxygens (including phenoxy) is 1. The van der Waals surface area contributed by atoms with E-state index in [1.807, 2.05) is 6.07 Å². The molecule has 0 aliphatic carbocycles. The Morgan fingerprint density at radius 3 is 3.04 bits per heavy atom. The fourth-order valence-electron chi connectivity index (χ4n) is 2.54. The van der Waals surface area contributed by atoms with Crippen LogP contribution in [-0.4, -0.2) is 41.5 Å². The molecule has 1 fully saturated rings. The summed E-state index contributed by atoms with van der Waals surface area (Å²) in [5.41, 5.74) is 0.877. The van der Waals surface area contributed by atoms with Crippen molar-refractivity contribution < 1.29 is 9.53 Å². The number of nitrogens with zero attached hydrogens (tertiary/aromatic N) is 2. The van der Waals surface area contributed by atoms with Crippen molar-refractivity contribution in [1.29, 1.82) is 0 Å². The minimum Gasteiger partial charge on any atom is -0.378 e. The minimum atomic E-state index is -0.0815. The molecule has 1 atom stereocenters. The molecule has 1 aromatic heterocycles. The number of aromatic nitrogens is 2. The van der Waals surface area contributed by atoms with Crippen LogP contribution < -0.4 is 10.6 Å². The molecule has 6 nitrogen and oxygen atoms in total. The second-order valence-electron chi connectivity index (χ2n) is 5.59. The first-order valence-corrected chi connectivity index (χ1v) is 8.44. The first-order chi connectivity index (χ1) is 11.6. The minimum absolute atomic E-state index is 0.0424. The van der Waals surface area contributed by atoms with Crippen molar-refractivity contribution in [1.82, 2.24) is 15.1 Å². The van der Waals surface area contributed by atoms with Gasteiger partial charge in [-0.15, -0.1) is 0 Å². The Hall–Kier alpha value is -1.60. The standard InChI is InChI=1S/C16H18Cl2N4O2/c17-12-2-1-11(14(18)7-12)9-22-15(3-4-20-22)21-16(23)8-13-10-24-6-5-19-13/h1-4,7,13,19H,5-6,8-10H2,(H,21,23). The number of hydrogen-bond donors (Lipinski definition) is 2. The lowest BCUT2D eigenvalue weighted by atomic mass is 10.2. The number of carbonyl (C=O) groups is 1. The van der Waals surface area contributed by atoms with Gasteiger partial charge in [0.15, 0.2) is 0 Å². The van der Waals surface area contributed by atoms with Crippen LogP contribution in [-0.2, 0) is 16.1 Å². The number of benzene rings is 1.